The molecule has 1 aromatic carbocycles. The van der Waals surface area contributed by atoms with Gasteiger partial charge in [0.2, 0.25) is 17.8 Å². The van der Waals surface area contributed by atoms with Gasteiger partial charge in [0.1, 0.15) is 5.52 Å². The molecule has 0 saturated heterocycles. The van der Waals surface area contributed by atoms with Crippen molar-refractivity contribution in [3.8, 4) is 11.5 Å². The lowest BCUT2D eigenvalue weighted by molar-refractivity contribution is -0.129. The maximum atomic E-state index is 12.9. The van der Waals surface area contributed by atoms with Gasteiger partial charge in [-0.1, -0.05) is 0 Å². The highest BCUT2D eigenvalue weighted by Gasteiger charge is 2.19. The van der Waals surface area contributed by atoms with Crippen molar-refractivity contribution in [2.75, 3.05) is 38.9 Å². The van der Waals surface area contributed by atoms with E-state index in [1.165, 1.54) is 36.0 Å². The molecule has 0 saturated carbocycles. The smallest absolute Gasteiger partial charge is 0.262 e. The Balaban J connectivity index is 1.95. The van der Waals surface area contributed by atoms with Gasteiger partial charge in [0.25, 0.3) is 11.5 Å². The Morgan fingerprint density at radius 2 is 1.91 bits per heavy atom. The van der Waals surface area contributed by atoms with Crippen LogP contribution in [0, 0.1) is 0 Å². The highest BCUT2D eigenvalue weighted by molar-refractivity contribution is 6.03. The van der Waals surface area contributed by atoms with Crippen molar-refractivity contribution in [1.29, 1.82) is 0 Å². The molecule has 0 aliphatic rings. The molecular weight excluding hydrogens is 418 g/mol. The second kappa shape index (κ2) is 9.29. The van der Waals surface area contributed by atoms with Crippen LogP contribution in [0.5, 0.6) is 11.5 Å². The first-order valence-corrected chi connectivity index (χ1v) is 9.52. The van der Waals surface area contributed by atoms with Gasteiger partial charge >= 0.3 is 0 Å². The van der Waals surface area contributed by atoms with Crippen molar-refractivity contribution in [3.05, 3.63) is 40.4 Å². The maximum absolute atomic E-state index is 12.9. The van der Waals surface area contributed by atoms with E-state index >= 15 is 0 Å². The van der Waals surface area contributed by atoms with Crippen LogP contribution in [0.4, 0.5) is 11.9 Å². The van der Waals surface area contributed by atoms with Gasteiger partial charge in [-0.05, 0) is 12.1 Å². The molecule has 0 radical (unpaired) electrons. The number of benzene rings is 1. The lowest BCUT2D eigenvalue weighted by Gasteiger charge is -2.15. The SMILES string of the molecule is COc1c(OCCC(=O)N(C)C)ccc2c(=O)n(C)c(NC(=O)c3cnc(N)nc3)nc12. The van der Waals surface area contributed by atoms with Crippen LogP contribution in [0.15, 0.2) is 29.3 Å². The predicted octanol–water partition coefficient (Wildman–Crippen LogP) is 0.424. The lowest BCUT2D eigenvalue weighted by atomic mass is 10.2. The number of anilines is 2. The van der Waals surface area contributed by atoms with Crippen LogP contribution >= 0.6 is 0 Å². The monoisotopic (exact) mass is 441 g/mol. The molecule has 12 nitrogen and oxygen atoms in total. The van der Waals surface area contributed by atoms with E-state index in [9.17, 15) is 14.4 Å². The summed E-state index contributed by atoms with van der Waals surface area (Å²) < 4.78 is 12.3. The van der Waals surface area contributed by atoms with E-state index in [2.05, 4.69) is 20.3 Å². The number of fused-ring (bicyclic) bond motifs is 1. The number of carbonyl (C=O) groups excluding carboxylic acids is 2. The Kier molecular flexibility index (Phi) is 6.52. The minimum absolute atomic E-state index is 0.0115. The van der Waals surface area contributed by atoms with E-state index in [4.69, 9.17) is 15.2 Å². The summed E-state index contributed by atoms with van der Waals surface area (Å²) in [6.07, 6.45) is 2.69. The summed E-state index contributed by atoms with van der Waals surface area (Å²) in [5.74, 6) is -0.112. The minimum atomic E-state index is -0.569. The van der Waals surface area contributed by atoms with Gasteiger partial charge in [-0.25, -0.2) is 15.0 Å². The maximum Gasteiger partial charge on any atom is 0.262 e. The van der Waals surface area contributed by atoms with Crippen molar-refractivity contribution in [1.82, 2.24) is 24.4 Å². The molecule has 3 rings (SSSR count). The number of nitrogen functional groups attached to an aromatic ring is 1. The second-order valence-corrected chi connectivity index (χ2v) is 6.96. The first kappa shape index (κ1) is 22.5. The standard InChI is InChI=1S/C20H23N7O5/c1-26(2)14(28)7-8-32-13-6-5-12-15(16(13)31-4)24-20(27(3)18(12)30)25-17(29)11-9-22-19(21)23-10-11/h5-6,9-10H,7-8H2,1-4H3,(H2,21,22,23)(H,24,25,29). The van der Waals surface area contributed by atoms with Crippen molar-refractivity contribution < 1.29 is 19.1 Å². The highest BCUT2D eigenvalue weighted by atomic mass is 16.5. The number of nitrogens with zero attached hydrogens (tertiary/aromatic N) is 5. The molecule has 12 heteroatoms. The molecule has 0 aliphatic carbocycles. The number of hydrogen-bond acceptors (Lipinski definition) is 9. The van der Waals surface area contributed by atoms with Crippen LogP contribution in [0.25, 0.3) is 10.9 Å². The summed E-state index contributed by atoms with van der Waals surface area (Å²) in [6.45, 7) is 0.116. The number of aromatic nitrogens is 4. The highest BCUT2D eigenvalue weighted by Crippen LogP contribution is 2.33. The first-order valence-electron chi connectivity index (χ1n) is 9.52. The summed E-state index contributed by atoms with van der Waals surface area (Å²) in [5, 5.41) is 2.84. The van der Waals surface area contributed by atoms with Gasteiger partial charge in [-0.3, -0.25) is 24.3 Å². The zero-order valence-corrected chi connectivity index (χ0v) is 18.1. The molecule has 3 N–H and O–H groups in total. The van der Waals surface area contributed by atoms with Gasteiger partial charge in [-0.15, -0.1) is 0 Å². The van der Waals surface area contributed by atoms with Crippen LogP contribution in [0.1, 0.15) is 16.8 Å². The summed E-state index contributed by atoms with van der Waals surface area (Å²) in [4.78, 5) is 50.6. The van der Waals surface area contributed by atoms with E-state index in [0.29, 0.717) is 5.75 Å². The zero-order chi connectivity index (χ0) is 23.4. The number of methoxy groups -OCH3 is 1. The Hall–Kier alpha value is -4.22. The first-order chi connectivity index (χ1) is 15.2. The largest absolute Gasteiger partial charge is 0.491 e. The van der Waals surface area contributed by atoms with Crippen molar-refractivity contribution >= 4 is 34.6 Å². The van der Waals surface area contributed by atoms with Crippen LogP contribution in [-0.2, 0) is 11.8 Å². The molecule has 0 fully saturated rings. The third-order valence-electron chi connectivity index (χ3n) is 4.60. The van der Waals surface area contributed by atoms with Gasteiger partial charge in [0.15, 0.2) is 11.5 Å². The summed E-state index contributed by atoms with van der Waals surface area (Å²) in [7, 11) is 6.21. The zero-order valence-electron chi connectivity index (χ0n) is 18.1. The van der Waals surface area contributed by atoms with Gasteiger partial charge in [0, 0.05) is 33.5 Å². The fourth-order valence-electron chi connectivity index (χ4n) is 2.82. The molecule has 0 unspecified atom stereocenters. The molecule has 0 aliphatic heterocycles. The van der Waals surface area contributed by atoms with E-state index in [0.717, 1.165) is 0 Å². The third kappa shape index (κ3) is 4.58. The molecule has 2 aromatic heterocycles. The average Bonchev–Trinajstić information content (AvgIpc) is 2.77. The number of nitrogens with two attached hydrogens (primary N) is 1. The molecule has 168 valence electrons. The normalized spacial score (nSPS) is 10.6. The second-order valence-electron chi connectivity index (χ2n) is 6.96. The van der Waals surface area contributed by atoms with Crippen molar-refractivity contribution in [2.45, 2.75) is 6.42 Å². The summed E-state index contributed by atoms with van der Waals surface area (Å²) >= 11 is 0. The fraction of sp³-hybridized carbons (Fsp3) is 0.300. The van der Waals surface area contributed by atoms with E-state index in [-0.39, 0.29) is 53.0 Å². The molecule has 0 spiro atoms. The molecule has 0 atom stereocenters. The predicted molar refractivity (Wildman–Crippen MR) is 117 cm³/mol. The average molecular weight is 441 g/mol. The molecule has 3 aromatic rings. The van der Waals surface area contributed by atoms with Crippen molar-refractivity contribution in [3.63, 3.8) is 0 Å². The molecule has 2 amide bonds. The van der Waals surface area contributed by atoms with Crippen molar-refractivity contribution in [2.24, 2.45) is 7.05 Å². The molecule has 32 heavy (non-hydrogen) atoms. The van der Waals surface area contributed by atoms with E-state index in [1.54, 1.807) is 26.2 Å². The molecule has 0 bridgehead atoms. The third-order valence-corrected chi connectivity index (χ3v) is 4.60. The number of ether oxygens (including phenoxy) is 2. The fourth-order valence-corrected chi connectivity index (χ4v) is 2.82. The van der Waals surface area contributed by atoms with Gasteiger partial charge < -0.3 is 20.1 Å². The Bertz CT molecular complexity index is 1220. The van der Waals surface area contributed by atoms with Gasteiger partial charge in [-0.2, -0.15) is 0 Å². The number of hydrogen-bond donors (Lipinski definition) is 2. The number of nitrogens with one attached hydrogen (secondary N) is 1. The Labute approximate surface area is 183 Å². The summed E-state index contributed by atoms with van der Waals surface area (Å²) in [6, 6.07) is 3.13. The van der Waals surface area contributed by atoms with Crippen LogP contribution in [-0.4, -0.2) is 64.0 Å². The quantitative estimate of drug-likeness (QED) is 0.531. The molecule has 2 heterocycles. The number of amides is 2. The summed E-state index contributed by atoms with van der Waals surface area (Å²) in [5.41, 5.74) is 5.39. The number of carbonyl (C=O) groups is 2. The topological polar surface area (TPSA) is 155 Å². The van der Waals surface area contributed by atoms with Crippen LogP contribution in [0.3, 0.4) is 0 Å². The Morgan fingerprint density at radius 3 is 2.53 bits per heavy atom. The minimum Gasteiger partial charge on any atom is -0.491 e. The van der Waals surface area contributed by atoms with Gasteiger partial charge in [0.05, 0.1) is 31.1 Å². The lowest BCUT2D eigenvalue weighted by Crippen LogP contribution is -2.25. The Morgan fingerprint density at radius 1 is 1.22 bits per heavy atom. The van der Waals surface area contributed by atoms with E-state index < -0.39 is 11.5 Å². The number of rotatable bonds is 7. The van der Waals surface area contributed by atoms with Crippen LogP contribution in [0.2, 0.25) is 0 Å². The van der Waals surface area contributed by atoms with Crippen LogP contribution < -0.4 is 26.1 Å². The van der Waals surface area contributed by atoms with E-state index in [1.807, 2.05) is 0 Å². The molecular formula is C20H23N7O5.